The smallest absolute Gasteiger partial charge is 0.165 e. The monoisotopic (exact) mass is 318 g/mol. The fraction of sp³-hybridized carbons (Fsp3) is 0.435. The number of hydrogen-bond donors (Lipinski definition) is 0. The van der Waals surface area contributed by atoms with E-state index in [-0.39, 0.29) is 0 Å². The van der Waals surface area contributed by atoms with Crippen LogP contribution in [-0.4, -0.2) is 5.78 Å². The summed E-state index contributed by atoms with van der Waals surface area (Å²) in [5.41, 5.74) is 6.42. The molecule has 0 N–H and O–H groups in total. The molecule has 1 saturated carbocycles. The molecule has 124 valence electrons. The summed E-state index contributed by atoms with van der Waals surface area (Å²) >= 11 is 0. The predicted molar refractivity (Wildman–Crippen MR) is 99.5 cm³/mol. The molecule has 24 heavy (non-hydrogen) atoms. The normalized spacial score (nSPS) is 32.5. The van der Waals surface area contributed by atoms with Gasteiger partial charge in [-0.25, -0.2) is 0 Å². The Morgan fingerprint density at radius 3 is 2.88 bits per heavy atom. The van der Waals surface area contributed by atoms with Crippen LogP contribution in [0.2, 0.25) is 0 Å². The Morgan fingerprint density at radius 1 is 1.17 bits per heavy atom. The van der Waals surface area contributed by atoms with Crippen LogP contribution in [0.5, 0.6) is 0 Å². The van der Waals surface area contributed by atoms with Gasteiger partial charge in [-0.2, -0.15) is 0 Å². The largest absolute Gasteiger partial charge is 0.294 e. The van der Waals surface area contributed by atoms with Crippen LogP contribution < -0.4 is 0 Å². The van der Waals surface area contributed by atoms with E-state index >= 15 is 0 Å². The summed E-state index contributed by atoms with van der Waals surface area (Å²) in [5.74, 6) is 1.77. The first kappa shape index (κ1) is 15.6. The second-order valence-corrected chi connectivity index (χ2v) is 7.77. The van der Waals surface area contributed by atoms with Crippen molar-refractivity contribution >= 4 is 5.78 Å². The van der Waals surface area contributed by atoms with Crippen molar-refractivity contribution in [3.63, 3.8) is 0 Å². The van der Waals surface area contributed by atoms with Crippen LogP contribution in [0.3, 0.4) is 0 Å². The Balaban J connectivity index is 1.70. The van der Waals surface area contributed by atoms with Gasteiger partial charge in [-0.15, -0.1) is 0 Å². The Labute approximate surface area is 145 Å². The fourth-order valence-electron chi connectivity index (χ4n) is 4.88. The highest BCUT2D eigenvalue weighted by atomic mass is 16.1. The quantitative estimate of drug-likeness (QED) is 0.644. The van der Waals surface area contributed by atoms with Gasteiger partial charge in [0.15, 0.2) is 5.78 Å². The van der Waals surface area contributed by atoms with Gasteiger partial charge in [-0.05, 0) is 73.2 Å². The third kappa shape index (κ3) is 2.70. The number of carbonyl (C=O) groups excluding carboxylic acids is 1. The Hall–Kier alpha value is -1.89. The van der Waals surface area contributed by atoms with Crippen molar-refractivity contribution in [2.45, 2.75) is 46.0 Å². The molecular formula is C23H26O. The van der Waals surface area contributed by atoms with Crippen molar-refractivity contribution in [3.05, 3.63) is 70.4 Å². The van der Waals surface area contributed by atoms with Gasteiger partial charge in [-0.3, -0.25) is 4.79 Å². The van der Waals surface area contributed by atoms with Crippen LogP contribution in [0.25, 0.3) is 0 Å². The Bertz CT molecular complexity index is 751. The molecule has 0 aromatic carbocycles. The molecule has 1 fully saturated rings. The molecule has 0 aromatic rings. The van der Waals surface area contributed by atoms with Crippen LogP contribution in [0.1, 0.15) is 46.0 Å². The highest BCUT2D eigenvalue weighted by Gasteiger charge is 2.38. The molecule has 0 aromatic heterocycles. The Kier molecular flexibility index (Phi) is 4.04. The number of fused-ring (bicyclic) bond motifs is 2. The minimum absolute atomic E-state index is 0.298. The second-order valence-electron chi connectivity index (χ2n) is 7.77. The summed E-state index contributed by atoms with van der Waals surface area (Å²) in [6.45, 7) is 4.48. The van der Waals surface area contributed by atoms with Gasteiger partial charge in [0, 0.05) is 11.5 Å². The summed E-state index contributed by atoms with van der Waals surface area (Å²) in [4.78, 5) is 12.8. The van der Waals surface area contributed by atoms with E-state index in [9.17, 15) is 4.79 Å². The average molecular weight is 318 g/mol. The number of ketones is 1. The number of carbonyl (C=O) groups is 1. The molecule has 3 atom stereocenters. The van der Waals surface area contributed by atoms with Crippen LogP contribution >= 0.6 is 0 Å². The van der Waals surface area contributed by atoms with E-state index in [4.69, 9.17) is 0 Å². The van der Waals surface area contributed by atoms with E-state index in [1.165, 1.54) is 28.7 Å². The molecule has 4 aliphatic rings. The van der Waals surface area contributed by atoms with Crippen molar-refractivity contribution < 1.29 is 4.79 Å². The molecule has 2 bridgehead atoms. The van der Waals surface area contributed by atoms with E-state index < -0.39 is 0 Å². The first-order valence-corrected chi connectivity index (χ1v) is 9.35. The summed E-state index contributed by atoms with van der Waals surface area (Å²) < 4.78 is 0. The maximum atomic E-state index is 12.8. The zero-order valence-corrected chi connectivity index (χ0v) is 14.7. The molecule has 0 saturated heterocycles. The van der Waals surface area contributed by atoms with Gasteiger partial charge >= 0.3 is 0 Å². The summed E-state index contributed by atoms with van der Waals surface area (Å²) in [5, 5.41) is 0. The van der Waals surface area contributed by atoms with Gasteiger partial charge in [-0.1, -0.05) is 49.5 Å². The lowest BCUT2D eigenvalue weighted by atomic mass is 9.74. The molecule has 4 rings (SSSR count). The highest BCUT2D eigenvalue weighted by molar-refractivity contribution is 6.02. The minimum Gasteiger partial charge on any atom is -0.294 e. The van der Waals surface area contributed by atoms with Crippen LogP contribution in [-0.2, 0) is 4.79 Å². The summed E-state index contributed by atoms with van der Waals surface area (Å²) in [6, 6.07) is 0. The van der Waals surface area contributed by atoms with Gasteiger partial charge < -0.3 is 0 Å². The third-order valence-corrected chi connectivity index (χ3v) is 6.00. The highest BCUT2D eigenvalue weighted by Crippen LogP contribution is 2.45. The predicted octanol–water partition coefficient (Wildman–Crippen LogP) is 5.64. The second kappa shape index (κ2) is 6.20. The van der Waals surface area contributed by atoms with Crippen LogP contribution in [0.15, 0.2) is 70.4 Å². The van der Waals surface area contributed by atoms with Crippen molar-refractivity contribution in [2.24, 2.45) is 17.8 Å². The average Bonchev–Trinajstić information content (AvgIpc) is 2.77. The van der Waals surface area contributed by atoms with E-state index in [0.717, 1.165) is 31.3 Å². The molecule has 0 amide bonds. The first-order valence-electron chi connectivity index (χ1n) is 9.35. The molecule has 0 spiro atoms. The lowest BCUT2D eigenvalue weighted by Gasteiger charge is -2.29. The van der Waals surface area contributed by atoms with Crippen LogP contribution in [0, 0.1) is 17.8 Å². The van der Waals surface area contributed by atoms with Crippen LogP contribution in [0.4, 0.5) is 0 Å². The molecule has 1 heteroatoms. The van der Waals surface area contributed by atoms with Crippen molar-refractivity contribution in [3.8, 4) is 0 Å². The molecule has 0 aliphatic heterocycles. The zero-order chi connectivity index (χ0) is 16.7. The molecular weight excluding hydrogens is 292 g/mol. The molecule has 1 unspecified atom stereocenters. The zero-order valence-electron chi connectivity index (χ0n) is 14.7. The van der Waals surface area contributed by atoms with Crippen molar-refractivity contribution in [2.75, 3.05) is 0 Å². The minimum atomic E-state index is 0.298. The number of Topliss-reactive ketones (excluding diaryl/α,β-unsaturated/α-hetero) is 1. The number of rotatable bonds is 2. The maximum Gasteiger partial charge on any atom is 0.165 e. The lowest BCUT2D eigenvalue weighted by molar-refractivity contribution is -0.119. The topological polar surface area (TPSA) is 17.1 Å². The number of hydrogen-bond acceptors (Lipinski definition) is 1. The van der Waals surface area contributed by atoms with E-state index in [1.54, 1.807) is 0 Å². The fourth-order valence-corrected chi connectivity index (χ4v) is 4.88. The van der Waals surface area contributed by atoms with Gasteiger partial charge in [0.2, 0.25) is 0 Å². The van der Waals surface area contributed by atoms with E-state index in [1.807, 2.05) is 0 Å². The van der Waals surface area contributed by atoms with E-state index in [2.05, 4.69) is 56.4 Å². The summed E-state index contributed by atoms with van der Waals surface area (Å²) in [6.07, 6.45) is 21.0. The van der Waals surface area contributed by atoms with Crippen molar-refractivity contribution in [1.29, 1.82) is 0 Å². The SMILES string of the molecule is CC1=C(C2=C[C@H]3CC[C@H](C3)C2=O)C(C)CC(C2=CCC=CC=C2)=C1. The summed E-state index contributed by atoms with van der Waals surface area (Å²) in [7, 11) is 0. The van der Waals surface area contributed by atoms with Gasteiger partial charge in [0.25, 0.3) is 0 Å². The maximum absolute atomic E-state index is 12.8. The van der Waals surface area contributed by atoms with Crippen molar-refractivity contribution in [1.82, 2.24) is 0 Å². The van der Waals surface area contributed by atoms with E-state index in [0.29, 0.717) is 23.5 Å². The molecule has 0 heterocycles. The standard InChI is InChI=1S/C23H26O/c1-15-11-20(18-7-5-3-4-6-8-18)12-16(2)22(15)21-14-17-9-10-19(13-17)23(21)24/h3-5,7-8,11,14,16-17,19H,6,9-10,12-13H2,1-2H3/t16?,17-,19+/m0/s1. The number of allylic oxidation sites excluding steroid dienone is 12. The Morgan fingerprint density at radius 2 is 2.04 bits per heavy atom. The molecule has 0 radical (unpaired) electrons. The molecule has 1 nitrogen and oxygen atoms in total. The van der Waals surface area contributed by atoms with Gasteiger partial charge in [0.1, 0.15) is 0 Å². The lowest BCUT2D eigenvalue weighted by Crippen LogP contribution is -2.23. The van der Waals surface area contributed by atoms with Gasteiger partial charge in [0.05, 0.1) is 0 Å². The third-order valence-electron chi connectivity index (χ3n) is 6.00. The first-order chi connectivity index (χ1) is 11.6. The molecule has 4 aliphatic carbocycles.